The van der Waals surface area contributed by atoms with E-state index in [0.29, 0.717) is 5.92 Å². The first-order valence-electron chi connectivity index (χ1n) is 6.83. The second-order valence-electron chi connectivity index (χ2n) is 5.41. The Kier molecular flexibility index (Phi) is 3.50. The van der Waals surface area contributed by atoms with Gasteiger partial charge in [-0.15, -0.1) is 5.10 Å². The van der Waals surface area contributed by atoms with E-state index >= 15 is 0 Å². The van der Waals surface area contributed by atoms with Gasteiger partial charge in [0.05, 0.1) is 11.7 Å². The third kappa shape index (κ3) is 3.20. The van der Waals surface area contributed by atoms with Gasteiger partial charge < -0.3 is 5.32 Å². The number of urea groups is 1. The smallest absolute Gasteiger partial charge is 0.320 e. The third-order valence-electron chi connectivity index (χ3n) is 3.62. The van der Waals surface area contributed by atoms with Crippen molar-refractivity contribution in [3.63, 3.8) is 0 Å². The number of alkyl halides is 2. The highest BCUT2D eigenvalue weighted by atomic mass is 19.3. The molecule has 0 bridgehead atoms. The monoisotopic (exact) mass is 282 g/mol. The molecule has 0 radical (unpaired) electrons. The van der Waals surface area contributed by atoms with E-state index in [1.54, 1.807) is 6.07 Å². The Labute approximate surface area is 115 Å². The molecule has 1 aromatic heterocycles. The Hall–Kier alpha value is -1.79. The summed E-state index contributed by atoms with van der Waals surface area (Å²) < 4.78 is 25.5. The molecular formula is C13H16F2N4O. The van der Waals surface area contributed by atoms with Gasteiger partial charge in [0, 0.05) is 5.92 Å². The minimum absolute atomic E-state index is 0.107. The Bertz CT molecular complexity index is 484. The Morgan fingerprint density at radius 1 is 1.20 bits per heavy atom. The van der Waals surface area contributed by atoms with Crippen molar-refractivity contribution in [3.05, 3.63) is 17.8 Å². The minimum Gasteiger partial charge on any atom is -0.329 e. The van der Waals surface area contributed by atoms with Crippen LogP contribution < -0.4 is 10.6 Å². The predicted molar refractivity (Wildman–Crippen MR) is 68.7 cm³/mol. The first kappa shape index (κ1) is 13.2. The SMILES string of the molecule is O=C(Nc1ccc(C2CC2)nn1)NC(C(F)F)C1CC1. The van der Waals surface area contributed by atoms with Gasteiger partial charge in [0.1, 0.15) is 0 Å². The lowest BCUT2D eigenvalue weighted by molar-refractivity contribution is 0.0929. The van der Waals surface area contributed by atoms with Gasteiger partial charge in [0.25, 0.3) is 6.43 Å². The second kappa shape index (κ2) is 5.30. The van der Waals surface area contributed by atoms with E-state index in [4.69, 9.17) is 0 Å². The molecule has 5 nitrogen and oxygen atoms in total. The normalized spacial score (nSPS) is 19.8. The average molecular weight is 282 g/mol. The molecule has 1 unspecified atom stereocenters. The summed E-state index contributed by atoms with van der Waals surface area (Å²) in [4.78, 5) is 11.7. The highest BCUT2D eigenvalue weighted by Crippen LogP contribution is 2.38. The lowest BCUT2D eigenvalue weighted by Crippen LogP contribution is -2.43. The molecule has 0 saturated heterocycles. The van der Waals surface area contributed by atoms with Gasteiger partial charge in [-0.1, -0.05) is 0 Å². The van der Waals surface area contributed by atoms with Crippen LogP contribution in [0.2, 0.25) is 0 Å². The van der Waals surface area contributed by atoms with Crippen molar-refractivity contribution in [2.45, 2.75) is 44.1 Å². The zero-order valence-corrected chi connectivity index (χ0v) is 10.9. The highest BCUT2D eigenvalue weighted by molar-refractivity contribution is 5.88. The van der Waals surface area contributed by atoms with Crippen molar-refractivity contribution >= 4 is 11.8 Å². The molecule has 20 heavy (non-hydrogen) atoms. The summed E-state index contributed by atoms with van der Waals surface area (Å²) in [6.45, 7) is 0. The molecule has 7 heteroatoms. The number of rotatable bonds is 5. The molecule has 108 valence electrons. The molecule has 2 saturated carbocycles. The molecule has 0 aromatic carbocycles. The fraction of sp³-hybridized carbons (Fsp3) is 0.615. The van der Waals surface area contributed by atoms with Gasteiger partial charge in [-0.25, -0.2) is 13.6 Å². The van der Waals surface area contributed by atoms with Crippen LogP contribution in [0.4, 0.5) is 19.4 Å². The molecule has 1 heterocycles. The van der Waals surface area contributed by atoms with Crippen molar-refractivity contribution in [1.82, 2.24) is 15.5 Å². The van der Waals surface area contributed by atoms with Gasteiger partial charge in [-0.3, -0.25) is 5.32 Å². The van der Waals surface area contributed by atoms with Crippen LogP contribution in [0.25, 0.3) is 0 Å². The summed E-state index contributed by atoms with van der Waals surface area (Å²) in [7, 11) is 0. The topological polar surface area (TPSA) is 66.9 Å². The van der Waals surface area contributed by atoms with Gasteiger partial charge in [-0.05, 0) is 43.7 Å². The van der Waals surface area contributed by atoms with E-state index in [1.165, 1.54) is 0 Å². The summed E-state index contributed by atoms with van der Waals surface area (Å²) in [5, 5.41) is 12.6. The van der Waals surface area contributed by atoms with E-state index in [1.807, 2.05) is 6.07 Å². The van der Waals surface area contributed by atoms with E-state index in [9.17, 15) is 13.6 Å². The van der Waals surface area contributed by atoms with E-state index in [-0.39, 0.29) is 11.7 Å². The van der Waals surface area contributed by atoms with E-state index < -0.39 is 18.5 Å². The van der Waals surface area contributed by atoms with Crippen molar-refractivity contribution in [2.24, 2.45) is 5.92 Å². The van der Waals surface area contributed by atoms with Crippen molar-refractivity contribution in [3.8, 4) is 0 Å². The number of hydrogen-bond donors (Lipinski definition) is 2. The van der Waals surface area contributed by atoms with Crippen LogP contribution in [0.1, 0.15) is 37.3 Å². The summed E-state index contributed by atoms with van der Waals surface area (Å²) in [6, 6.07) is 1.73. The maximum atomic E-state index is 12.8. The summed E-state index contributed by atoms with van der Waals surface area (Å²) >= 11 is 0. The third-order valence-corrected chi connectivity index (χ3v) is 3.62. The number of hydrogen-bond acceptors (Lipinski definition) is 3. The zero-order chi connectivity index (χ0) is 14.1. The quantitative estimate of drug-likeness (QED) is 0.872. The van der Waals surface area contributed by atoms with Crippen LogP contribution in [0.3, 0.4) is 0 Å². The molecule has 2 aliphatic carbocycles. The van der Waals surface area contributed by atoms with Crippen LogP contribution >= 0.6 is 0 Å². The van der Waals surface area contributed by atoms with Crippen LogP contribution in [0.5, 0.6) is 0 Å². The molecule has 1 atom stereocenters. The maximum Gasteiger partial charge on any atom is 0.320 e. The van der Waals surface area contributed by atoms with Crippen molar-refractivity contribution in [1.29, 1.82) is 0 Å². The van der Waals surface area contributed by atoms with Gasteiger partial charge in [0.15, 0.2) is 5.82 Å². The number of anilines is 1. The Morgan fingerprint density at radius 3 is 2.45 bits per heavy atom. The molecule has 0 aliphatic heterocycles. The van der Waals surface area contributed by atoms with E-state index in [2.05, 4.69) is 20.8 Å². The standard InChI is InChI=1S/C13H16F2N4O/c14-12(15)11(8-3-4-8)17-13(20)16-10-6-5-9(18-19-10)7-1-2-7/h5-8,11-12H,1-4H2,(H2,16,17,19,20). The molecule has 2 fully saturated rings. The van der Waals surface area contributed by atoms with Crippen LogP contribution in [0.15, 0.2) is 12.1 Å². The molecule has 3 rings (SSSR count). The average Bonchev–Trinajstić information content (AvgIpc) is 3.28. The van der Waals surface area contributed by atoms with Crippen LogP contribution in [-0.4, -0.2) is 28.7 Å². The first-order valence-corrected chi connectivity index (χ1v) is 6.83. The lowest BCUT2D eigenvalue weighted by Gasteiger charge is -2.17. The fourth-order valence-corrected chi connectivity index (χ4v) is 2.15. The summed E-state index contributed by atoms with van der Waals surface area (Å²) in [6.07, 6.45) is 1.19. The number of nitrogens with one attached hydrogen (secondary N) is 2. The van der Waals surface area contributed by atoms with Crippen molar-refractivity contribution < 1.29 is 13.6 Å². The lowest BCUT2D eigenvalue weighted by atomic mass is 10.2. The largest absolute Gasteiger partial charge is 0.329 e. The number of nitrogens with zero attached hydrogens (tertiary/aromatic N) is 2. The molecule has 2 N–H and O–H groups in total. The van der Waals surface area contributed by atoms with Gasteiger partial charge in [0.2, 0.25) is 0 Å². The molecular weight excluding hydrogens is 266 g/mol. The number of aromatic nitrogens is 2. The maximum absolute atomic E-state index is 12.8. The van der Waals surface area contributed by atoms with E-state index in [0.717, 1.165) is 31.4 Å². The summed E-state index contributed by atoms with van der Waals surface area (Å²) in [5.74, 6) is 0.656. The first-order chi connectivity index (χ1) is 9.63. The molecule has 1 aromatic rings. The number of halogens is 2. The number of carbonyl (C=O) groups is 1. The highest BCUT2D eigenvalue weighted by Gasteiger charge is 2.38. The molecule has 0 spiro atoms. The molecule has 2 amide bonds. The minimum atomic E-state index is -2.54. The van der Waals surface area contributed by atoms with Crippen molar-refractivity contribution in [2.75, 3.05) is 5.32 Å². The van der Waals surface area contributed by atoms with Gasteiger partial charge in [-0.2, -0.15) is 5.10 Å². The number of amides is 2. The Balaban J connectivity index is 1.54. The van der Waals surface area contributed by atoms with Crippen LogP contribution in [-0.2, 0) is 0 Å². The predicted octanol–water partition coefficient (Wildman–Crippen LogP) is 2.52. The number of carbonyl (C=O) groups excluding carboxylic acids is 1. The zero-order valence-electron chi connectivity index (χ0n) is 10.9. The summed E-state index contributed by atoms with van der Waals surface area (Å²) in [5.41, 5.74) is 0.916. The second-order valence-corrected chi connectivity index (χ2v) is 5.41. The fourth-order valence-electron chi connectivity index (χ4n) is 2.15. The van der Waals surface area contributed by atoms with Crippen LogP contribution in [0, 0.1) is 5.92 Å². The Morgan fingerprint density at radius 2 is 1.95 bits per heavy atom. The molecule has 2 aliphatic rings. The van der Waals surface area contributed by atoms with Gasteiger partial charge >= 0.3 is 6.03 Å².